The fraction of sp³-hybridized carbons (Fsp3) is 0.900. The van der Waals surface area contributed by atoms with Crippen LogP contribution in [-0.2, 0) is 9.63 Å². The Morgan fingerprint density at radius 1 is 1.43 bits per heavy atom. The van der Waals surface area contributed by atoms with Gasteiger partial charge in [0.15, 0.2) is 0 Å². The molecule has 0 radical (unpaired) electrons. The van der Waals surface area contributed by atoms with E-state index >= 15 is 0 Å². The smallest absolute Gasteiger partial charge is 0.247 e. The maximum atomic E-state index is 11.7. The molecule has 0 bridgehead atoms. The van der Waals surface area contributed by atoms with Gasteiger partial charge >= 0.3 is 0 Å². The summed E-state index contributed by atoms with van der Waals surface area (Å²) >= 11 is 0. The van der Waals surface area contributed by atoms with Crippen molar-refractivity contribution in [3.63, 3.8) is 0 Å². The van der Waals surface area contributed by atoms with Crippen LogP contribution in [0.2, 0.25) is 0 Å². The largest absolute Gasteiger partial charge is 0.313 e. The number of amides is 1. The molecule has 2 fully saturated rings. The predicted molar refractivity (Wildman–Crippen MR) is 52.5 cm³/mol. The van der Waals surface area contributed by atoms with Gasteiger partial charge in [-0.25, -0.2) is 5.06 Å². The van der Waals surface area contributed by atoms with E-state index in [4.69, 9.17) is 4.84 Å². The fourth-order valence-corrected chi connectivity index (χ4v) is 2.04. The molecular formula is C10H18N2O2. The van der Waals surface area contributed by atoms with Crippen molar-refractivity contribution < 1.29 is 9.63 Å². The normalized spacial score (nSPS) is 28.0. The number of nitrogens with zero attached hydrogens (tertiary/aromatic N) is 1. The third-order valence-electron chi connectivity index (χ3n) is 2.86. The summed E-state index contributed by atoms with van der Waals surface area (Å²) in [6.07, 6.45) is 5.06. The molecule has 0 aliphatic carbocycles. The lowest BCUT2D eigenvalue weighted by Gasteiger charge is -2.26. The van der Waals surface area contributed by atoms with E-state index in [0.29, 0.717) is 19.1 Å². The SMILES string of the molecule is O=C(CC1CCCN1)N1CCCCO1. The standard InChI is InChI=1S/C10H18N2O2/c13-10(8-9-4-3-5-11-9)12-6-1-2-7-14-12/h9,11H,1-8H2. The van der Waals surface area contributed by atoms with Crippen LogP contribution in [0.15, 0.2) is 0 Å². The molecule has 80 valence electrons. The highest BCUT2D eigenvalue weighted by atomic mass is 16.7. The minimum atomic E-state index is 0.143. The van der Waals surface area contributed by atoms with Gasteiger partial charge in [0.2, 0.25) is 5.91 Å². The molecule has 4 nitrogen and oxygen atoms in total. The van der Waals surface area contributed by atoms with Gasteiger partial charge in [-0.2, -0.15) is 0 Å². The highest BCUT2D eigenvalue weighted by Gasteiger charge is 2.23. The number of carbonyl (C=O) groups is 1. The van der Waals surface area contributed by atoms with E-state index in [1.54, 1.807) is 5.06 Å². The first kappa shape index (κ1) is 9.93. The fourth-order valence-electron chi connectivity index (χ4n) is 2.04. The Bertz CT molecular complexity index is 196. The molecule has 4 heteroatoms. The topological polar surface area (TPSA) is 41.6 Å². The van der Waals surface area contributed by atoms with Crippen molar-refractivity contribution in [3.05, 3.63) is 0 Å². The van der Waals surface area contributed by atoms with Gasteiger partial charge < -0.3 is 5.32 Å². The van der Waals surface area contributed by atoms with Gasteiger partial charge in [0, 0.05) is 19.0 Å². The summed E-state index contributed by atoms with van der Waals surface area (Å²) in [7, 11) is 0. The number of hydroxylamine groups is 2. The molecule has 14 heavy (non-hydrogen) atoms. The maximum absolute atomic E-state index is 11.7. The van der Waals surface area contributed by atoms with E-state index in [-0.39, 0.29) is 5.91 Å². The first-order chi connectivity index (χ1) is 6.86. The summed E-state index contributed by atoms with van der Waals surface area (Å²) < 4.78 is 0. The summed E-state index contributed by atoms with van der Waals surface area (Å²) in [4.78, 5) is 17.0. The molecule has 2 saturated heterocycles. The van der Waals surface area contributed by atoms with Crippen LogP contribution in [-0.4, -0.2) is 36.7 Å². The van der Waals surface area contributed by atoms with Crippen molar-refractivity contribution >= 4 is 5.91 Å². The Morgan fingerprint density at radius 2 is 2.36 bits per heavy atom. The Balaban J connectivity index is 1.75. The monoisotopic (exact) mass is 198 g/mol. The molecule has 0 aromatic heterocycles. The van der Waals surface area contributed by atoms with E-state index in [1.165, 1.54) is 6.42 Å². The van der Waals surface area contributed by atoms with Gasteiger partial charge in [-0.15, -0.1) is 0 Å². The van der Waals surface area contributed by atoms with Crippen molar-refractivity contribution in [2.45, 2.75) is 38.1 Å². The second-order valence-corrected chi connectivity index (χ2v) is 4.03. The zero-order chi connectivity index (χ0) is 9.80. The molecular weight excluding hydrogens is 180 g/mol. The van der Waals surface area contributed by atoms with Gasteiger partial charge in [0.1, 0.15) is 0 Å². The molecule has 1 amide bonds. The zero-order valence-electron chi connectivity index (χ0n) is 8.50. The average molecular weight is 198 g/mol. The van der Waals surface area contributed by atoms with Crippen LogP contribution < -0.4 is 5.32 Å². The molecule has 1 unspecified atom stereocenters. The van der Waals surface area contributed by atoms with Gasteiger partial charge in [0.25, 0.3) is 0 Å². The second-order valence-electron chi connectivity index (χ2n) is 4.03. The quantitative estimate of drug-likeness (QED) is 0.709. The van der Waals surface area contributed by atoms with E-state index in [9.17, 15) is 4.79 Å². The number of hydrogen-bond acceptors (Lipinski definition) is 3. The minimum absolute atomic E-state index is 0.143. The molecule has 0 saturated carbocycles. The first-order valence-electron chi connectivity index (χ1n) is 5.53. The third kappa shape index (κ3) is 2.45. The Labute approximate surface area is 84.6 Å². The number of carbonyl (C=O) groups excluding carboxylic acids is 1. The van der Waals surface area contributed by atoms with E-state index in [0.717, 1.165) is 32.4 Å². The molecule has 0 spiro atoms. The van der Waals surface area contributed by atoms with Crippen molar-refractivity contribution in [3.8, 4) is 0 Å². The van der Waals surface area contributed by atoms with Crippen molar-refractivity contribution in [2.75, 3.05) is 19.7 Å². The molecule has 2 aliphatic rings. The first-order valence-corrected chi connectivity index (χ1v) is 5.53. The van der Waals surface area contributed by atoms with Crippen LogP contribution in [0.1, 0.15) is 32.1 Å². The lowest BCUT2D eigenvalue weighted by Crippen LogP contribution is -2.39. The van der Waals surface area contributed by atoms with Crippen molar-refractivity contribution in [2.24, 2.45) is 0 Å². The molecule has 2 rings (SSSR count). The van der Waals surface area contributed by atoms with Crippen LogP contribution in [0.3, 0.4) is 0 Å². The van der Waals surface area contributed by atoms with Crippen LogP contribution in [0.4, 0.5) is 0 Å². The molecule has 2 aliphatic heterocycles. The van der Waals surface area contributed by atoms with E-state index in [1.807, 2.05) is 0 Å². The molecule has 2 heterocycles. The minimum Gasteiger partial charge on any atom is -0.313 e. The highest BCUT2D eigenvalue weighted by molar-refractivity contribution is 5.75. The molecule has 0 aromatic carbocycles. The summed E-state index contributed by atoms with van der Waals surface area (Å²) in [6.45, 7) is 2.52. The molecule has 0 aromatic rings. The third-order valence-corrected chi connectivity index (χ3v) is 2.86. The summed E-state index contributed by atoms with van der Waals surface area (Å²) in [5.74, 6) is 0.143. The van der Waals surface area contributed by atoms with Gasteiger partial charge in [0.05, 0.1) is 6.61 Å². The van der Waals surface area contributed by atoms with Crippen LogP contribution in [0.25, 0.3) is 0 Å². The predicted octanol–water partition coefficient (Wildman–Crippen LogP) is 0.682. The Kier molecular flexibility index (Phi) is 3.37. The lowest BCUT2D eigenvalue weighted by atomic mass is 10.1. The van der Waals surface area contributed by atoms with Gasteiger partial charge in [-0.1, -0.05) is 0 Å². The second kappa shape index (κ2) is 4.75. The highest BCUT2D eigenvalue weighted by Crippen LogP contribution is 2.13. The summed E-state index contributed by atoms with van der Waals surface area (Å²) in [5, 5.41) is 4.87. The zero-order valence-corrected chi connectivity index (χ0v) is 8.50. The van der Waals surface area contributed by atoms with Crippen LogP contribution in [0, 0.1) is 0 Å². The van der Waals surface area contributed by atoms with Crippen molar-refractivity contribution in [1.29, 1.82) is 0 Å². The Morgan fingerprint density at radius 3 is 3.00 bits per heavy atom. The van der Waals surface area contributed by atoms with Crippen molar-refractivity contribution in [1.82, 2.24) is 10.4 Å². The lowest BCUT2D eigenvalue weighted by molar-refractivity contribution is -0.197. The Hall–Kier alpha value is -0.610. The molecule has 1 N–H and O–H groups in total. The number of nitrogens with one attached hydrogen (secondary N) is 1. The average Bonchev–Trinajstić information content (AvgIpc) is 2.72. The molecule has 1 atom stereocenters. The van der Waals surface area contributed by atoms with Crippen LogP contribution >= 0.6 is 0 Å². The summed E-state index contributed by atoms with van der Waals surface area (Å²) in [6, 6.07) is 0.382. The van der Waals surface area contributed by atoms with Gasteiger partial charge in [-0.3, -0.25) is 9.63 Å². The summed E-state index contributed by atoms with van der Waals surface area (Å²) in [5.41, 5.74) is 0. The van der Waals surface area contributed by atoms with E-state index < -0.39 is 0 Å². The number of rotatable bonds is 2. The van der Waals surface area contributed by atoms with Gasteiger partial charge in [-0.05, 0) is 32.2 Å². The number of hydrogen-bond donors (Lipinski definition) is 1. The van der Waals surface area contributed by atoms with E-state index in [2.05, 4.69) is 5.32 Å². The van der Waals surface area contributed by atoms with Crippen LogP contribution in [0.5, 0.6) is 0 Å². The maximum Gasteiger partial charge on any atom is 0.247 e.